The zero-order chi connectivity index (χ0) is 17.5. The Balaban J connectivity index is 0.00000312. The van der Waals surface area contributed by atoms with Crippen molar-refractivity contribution in [1.29, 1.82) is 0 Å². The van der Waals surface area contributed by atoms with Crippen molar-refractivity contribution >= 4 is 30.7 Å². The van der Waals surface area contributed by atoms with Crippen molar-refractivity contribution < 1.29 is 14.3 Å². The Labute approximate surface area is 165 Å². The largest absolute Gasteiger partial charge is 0.391 e. The summed E-state index contributed by atoms with van der Waals surface area (Å²) < 4.78 is 13.7. The van der Waals surface area contributed by atoms with Crippen LogP contribution in [0.5, 0.6) is 0 Å². The Kier molecular flexibility index (Phi) is 11.0. The van der Waals surface area contributed by atoms with Crippen LogP contribution in [-0.4, -0.2) is 34.7 Å². The van der Waals surface area contributed by atoms with Crippen molar-refractivity contribution in [3.63, 3.8) is 0 Å². The molecule has 1 aromatic carbocycles. The van der Waals surface area contributed by atoms with Gasteiger partial charge in [-0.05, 0) is 37.1 Å². The normalized spacial score (nSPS) is 12.3. The zero-order valence-electron chi connectivity index (χ0n) is 14.4. The Morgan fingerprint density at radius 3 is 2.58 bits per heavy atom. The highest BCUT2D eigenvalue weighted by molar-refractivity contribution is 5.95. The number of aromatic nitrogens is 1. The first-order valence-corrected chi connectivity index (χ1v) is 7.92. The summed E-state index contributed by atoms with van der Waals surface area (Å²) >= 11 is 0. The van der Waals surface area contributed by atoms with Crippen LogP contribution in [0.2, 0.25) is 0 Å². The summed E-state index contributed by atoms with van der Waals surface area (Å²) in [6.45, 7) is 2.33. The fourth-order valence-corrected chi connectivity index (χ4v) is 2.47. The number of pyridine rings is 1. The van der Waals surface area contributed by atoms with Crippen LogP contribution in [0.25, 0.3) is 0 Å². The number of aliphatic hydroxyl groups excluding tert-OH is 1. The average Bonchev–Trinajstić information content (AvgIpc) is 2.57. The molecule has 0 unspecified atom stereocenters. The lowest BCUT2D eigenvalue weighted by Crippen LogP contribution is -2.39. The van der Waals surface area contributed by atoms with E-state index in [2.05, 4.69) is 10.3 Å². The van der Waals surface area contributed by atoms with Crippen LogP contribution in [0.15, 0.2) is 42.6 Å². The smallest absolute Gasteiger partial charge is 0.253 e. The molecule has 0 spiro atoms. The lowest BCUT2D eigenvalue weighted by molar-refractivity contribution is 0.0952. The molecular formula is C18H24Cl2FN3O2. The first-order chi connectivity index (χ1) is 11.5. The van der Waals surface area contributed by atoms with Crippen LogP contribution in [-0.2, 0) is 12.8 Å². The molecule has 0 saturated heterocycles. The third-order valence-electron chi connectivity index (χ3n) is 3.78. The van der Waals surface area contributed by atoms with Gasteiger partial charge in [-0.25, -0.2) is 4.39 Å². The van der Waals surface area contributed by atoms with Crippen molar-refractivity contribution in [3.8, 4) is 0 Å². The van der Waals surface area contributed by atoms with Crippen molar-refractivity contribution in [3.05, 3.63) is 65.2 Å². The highest BCUT2D eigenvalue weighted by atomic mass is 35.5. The van der Waals surface area contributed by atoms with Gasteiger partial charge in [0, 0.05) is 25.2 Å². The summed E-state index contributed by atoms with van der Waals surface area (Å²) in [4.78, 5) is 16.2. The molecule has 8 heteroatoms. The van der Waals surface area contributed by atoms with Crippen LogP contribution in [0.3, 0.4) is 0 Å². The predicted octanol–water partition coefficient (Wildman–Crippen LogP) is 2.29. The molecule has 2 rings (SSSR count). The van der Waals surface area contributed by atoms with Gasteiger partial charge >= 0.3 is 0 Å². The number of rotatable bonds is 7. The number of amides is 1. The number of hydrogen-bond donors (Lipinski definition) is 3. The summed E-state index contributed by atoms with van der Waals surface area (Å²) in [5.41, 5.74) is 7.34. The number of aliphatic hydroxyl groups is 1. The molecule has 4 N–H and O–H groups in total. The fourth-order valence-electron chi connectivity index (χ4n) is 2.47. The Bertz CT molecular complexity index is 704. The molecule has 5 nitrogen and oxygen atoms in total. The third-order valence-corrected chi connectivity index (χ3v) is 3.78. The monoisotopic (exact) mass is 403 g/mol. The zero-order valence-corrected chi connectivity index (χ0v) is 16.0. The number of nitrogens with zero attached hydrogens (tertiary/aromatic N) is 1. The summed E-state index contributed by atoms with van der Waals surface area (Å²) in [5, 5.41) is 13.1. The van der Waals surface area contributed by atoms with Gasteiger partial charge < -0.3 is 16.2 Å². The molecule has 0 aliphatic heterocycles. The molecule has 1 amide bonds. The van der Waals surface area contributed by atoms with E-state index in [-0.39, 0.29) is 49.4 Å². The molecule has 0 fully saturated rings. The Hall–Kier alpha value is -1.73. The first-order valence-electron chi connectivity index (χ1n) is 7.92. The van der Waals surface area contributed by atoms with E-state index in [9.17, 15) is 14.3 Å². The highest BCUT2D eigenvalue weighted by Gasteiger charge is 2.21. The maximum Gasteiger partial charge on any atom is 0.253 e. The molecule has 0 saturated carbocycles. The number of carbonyl (C=O) groups excluding carboxylic acids is 1. The van der Waals surface area contributed by atoms with Gasteiger partial charge in [0.1, 0.15) is 5.82 Å². The number of halogens is 3. The molecule has 0 aliphatic carbocycles. The van der Waals surface area contributed by atoms with E-state index < -0.39 is 12.1 Å². The van der Waals surface area contributed by atoms with Gasteiger partial charge in [0.25, 0.3) is 5.91 Å². The van der Waals surface area contributed by atoms with E-state index in [1.54, 1.807) is 36.5 Å². The van der Waals surface area contributed by atoms with E-state index in [0.29, 0.717) is 23.4 Å². The van der Waals surface area contributed by atoms with Gasteiger partial charge in [0.2, 0.25) is 0 Å². The van der Waals surface area contributed by atoms with Crippen molar-refractivity contribution in [2.45, 2.75) is 31.9 Å². The predicted molar refractivity (Wildman–Crippen MR) is 105 cm³/mol. The minimum atomic E-state index is -0.937. The Morgan fingerprint density at radius 1 is 1.23 bits per heavy atom. The summed E-state index contributed by atoms with van der Waals surface area (Å²) in [6.07, 6.45) is 0.959. The molecule has 0 aliphatic rings. The minimum absolute atomic E-state index is 0. The van der Waals surface area contributed by atoms with Gasteiger partial charge in [-0.15, -0.1) is 24.8 Å². The number of nitrogens with two attached hydrogens (primary N) is 1. The molecule has 1 heterocycles. The number of hydrogen-bond acceptors (Lipinski definition) is 4. The van der Waals surface area contributed by atoms with E-state index in [1.165, 1.54) is 6.07 Å². The van der Waals surface area contributed by atoms with E-state index in [4.69, 9.17) is 5.73 Å². The lowest BCUT2D eigenvalue weighted by atomic mass is 9.97. The van der Waals surface area contributed by atoms with Crippen molar-refractivity contribution in [1.82, 2.24) is 10.3 Å². The second-order valence-corrected chi connectivity index (χ2v) is 5.59. The summed E-state index contributed by atoms with van der Waals surface area (Å²) in [6, 6.07) is 8.99. The number of benzene rings is 1. The third kappa shape index (κ3) is 6.53. The summed E-state index contributed by atoms with van der Waals surface area (Å²) in [7, 11) is 0. The second-order valence-electron chi connectivity index (χ2n) is 5.59. The fraction of sp³-hybridized carbons (Fsp3) is 0.333. The number of carbonyl (C=O) groups is 1. The maximum atomic E-state index is 13.7. The van der Waals surface area contributed by atoms with Gasteiger partial charge in [-0.2, -0.15) is 0 Å². The van der Waals surface area contributed by atoms with Gasteiger partial charge in [-0.1, -0.05) is 18.2 Å². The molecule has 0 bridgehead atoms. The lowest BCUT2D eigenvalue weighted by Gasteiger charge is -2.20. The first kappa shape index (κ1) is 24.3. The molecule has 0 radical (unpaired) electrons. The van der Waals surface area contributed by atoms with Gasteiger partial charge in [0.15, 0.2) is 0 Å². The SMILES string of the molecule is CCNC(=O)c1cccnc1C[C@H](O)[C@H](N)Cc1ccccc1F.Cl.Cl. The molecule has 2 aromatic rings. The second kappa shape index (κ2) is 11.8. The van der Waals surface area contributed by atoms with Gasteiger partial charge in [0.05, 0.1) is 17.4 Å². The van der Waals surface area contributed by atoms with Crippen LogP contribution in [0, 0.1) is 5.82 Å². The minimum Gasteiger partial charge on any atom is -0.391 e. The van der Waals surface area contributed by atoms with E-state index >= 15 is 0 Å². The maximum absolute atomic E-state index is 13.7. The average molecular weight is 404 g/mol. The van der Waals surface area contributed by atoms with Crippen LogP contribution in [0.4, 0.5) is 4.39 Å². The van der Waals surface area contributed by atoms with Crippen molar-refractivity contribution in [2.24, 2.45) is 5.73 Å². The molecule has 144 valence electrons. The topological polar surface area (TPSA) is 88.2 Å². The molecule has 26 heavy (non-hydrogen) atoms. The van der Waals surface area contributed by atoms with Gasteiger partial charge in [-0.3, -0.25) is 9.78 Å². The summed E-state index contributed by atoms with van der Waals surface area (Å²) in [5.74, 6) is -0.587. The van der Waals surface area contributed by atoms with Crippen LogP contribution < -0.4 is 11.1 Å². The van der Waals surface area contributed by atoms with E-state index in [1.807, 2.05) is 6.92 Å². The van der Waals surface area contributed by atoms with Crippen LogP contribution >= 0.6 is 24.8 Å². The Morgan fingerprint density at radius 2 is 1.92 bits per heavy atom. The standard InChI is InChI=1S/C18H22FN3O2.2ClH/c1-2-21-18(24)13-7-5-9-22-16(13)11-17(23)15(20)10-12-6-3-4-8-14(12)19;;/h3-9,15,17,23H,2,10-11,20H2,1H3,(H,21,24);2*1H/t15-,17+;;/m1../s1. The highest BCUT2D eigenvalue weighted by Crippen LogP contribution is 2.14. The molecular weight excluding hydrogens is 380 g/mol. The molecule has 2 atom stereocenters. The van der Waals surface area contributed by atoms with E-state index in [0.717, 1.165) is 0 Å². The van der Waals surface area contributed by atoms with Crippen LogP contribution in [0.1, 0.15) is 28.5 Å². The number of nitrogens with one attached hydrogen (secondary N) is 1. The molecule has 1 aromatic heterocycles. The van der Waals surface area contributed by atoms with Crippen molar-refractivity contribution in [2.75, 3.05) is 6.54 Å². The quantitative estimate of drug-likeness (QED) is 0.661.